The lowest BCUT2D eigenvalue weighted by molar-refractivity contribution is 1.07. The molecular formula is C5H3N4S. The van der Waals surface area contributed by atoms with E-state index in [2.05, 4.69) is 25.7 Å². The number of rotatable bonds is 1. The van der Waals surface area contributed by atoms with Gasteiger partial charge in [-0.2, -0.15) is 0 Å². The molecule has 0 saturated heterocycles. The van der Waals surface area contributed by atoms with Gasteiger partial charge in [0.25, 0.3) is 0 Å². The minimum atomic E-state index is 0.749. The molecule has 0 atom stereocenters. The highest BCUT2D eigenvalue weighted by Gasteiger charge is 2.01. The second-order valence-electron chi connectivity index (χ2n) is 1.64. The zero-order valence-electron chi connectivity index (χ0n) is 4.90. The molecule has 0 fully saturated rings. The molecule has 49 valence electrons. The van der Waals surface area contributed by atoms with Gasteiger partial charge >= 0.3 is 0 Å². The van der Waals surface area contributed by atoms with Crippen LogP contribution in [0.5, 0.6) is 0 Å². The fourth-order valence-corrected chi connectivity index (χ4v) is 1.09. The van der Waals surface area contributed by atoms with Gasteiger partial charge in [-0.1, -0.05) is 11.3 Å². The van der Waals surface area contributed by atoms with Crippen molar-refractivity contribution in [1.29, 1.82) is 0 Å². The Morgan fingerprint density at radius 2 is 2.60 bits per heavy atom. The van der Waals surface area contributed by atoms with Crippen LogP contribution < -0.4 is 0 Å². The maximum Gasteiger partial charge on any atom is 0.183 e. The van der Waals surface area contributed by atoms with E-state index in [9.17, 15) is 0 Å². The van der Waals surface area contributed by atoms with Gasteiger partial charge in [-0.3, -0.25) is 0 Å². The Kier molecular flexibility index (Phi) is 1.21. The molecule has 0 aromatic carbocycles. The normalized spacial score (nSPS) is 10.0. The molecule has 2 rings (SSSR count). The van der Waals surface area contributed by atoms with Gasteiger partial charge in [0, 0.05) is 12.4 Å². The summed E-state index contributed by atoms with van der Waals surface area (Å²) in [5, 5.41) is 8.11. The molecule has 2 aromatic rings. The van der Waals surface area contributed by atoms with Crippen LogP contribution in [-0.2, 0) is 0 Å². The summed E-state index contributed by atoms with van der Waals surface area (Å²) < 4.78 is 0. The van der Waals surface area contributed by atoms with Crippen molar-refractivity contribution >= 4 is 11.3 Å². The van der Waals surface area contributed by atoms with Gasteiger partial charge in [0.2, 0.25) is 0 Å². The van der Waals surface area contributed by atoms with Gasteiger partial charge in [0.15, 0.2) is 16.3 Å². The third-order valence-corrected chi connectivity index (χ3v) is 1.67. The molecule has 0 spiro atoms. The molecule has 1 N–H and O–H groups in total. The van der Waals surface area contributed by atoms with Crippen LogP contribution in [0.25, 0.3) is 10.8 Å². The quantitative estimate of drug-likeness (QED) is 0.653. The second-order valence-corrected chi connectivity index (χ2v) is 2.41. The molecule has 4 nitrogen and oxygen atoms in total. The van der Waals surface area contributed by atoms with Gasteiger partial charge in [0.1, 0.15) is 0 Å². The fraction of sp³-hybridized carbons (Fsp3) is 0. The fourth-order valence-electron chi connectivity index (χ4n) is 0.628. The molecule has 5 heteroatoms. The minimum absolute atomic E-state index is 0.749. The highest BCUT2D eigenvalue weighted by molar-refractivity contribution is 7.12. The Morgan fingerprint density at radius 3 is 3.20 bits per heavy atom. The third-order valence-electron chi connectivity index (χ3n) is 1.02. The topological polar surface area (TPSA) is 54.5 Å². The largest absolute Gasteiger partial charge is 0.343 e. The number of H-pyrrole nitrogens is 1. The number of hydrogen-bond acceptors (Lipinski definition) is 4. The van der Waals surface area contributed by atoms with Crippen molar-refractivity contribution < 1.29 is 0 Å². The number of nitrogens with one attached hydrogen (secondary N) is 1. The Balaban J connectivity index is 2.48. The SMILES string of the molecule is [c]1nnc(-c2ncc[nH]2)s1. The van der Waals surface area contributed by atoms with Crippen molar-refractivity contribution in [2.24, 2.45) is 0 Å². The maximum absolute atomic E-state index is 3.99. The Hall–Kier alpha value is -1.23. The lowest BCUT2D eigenvalue weighted by Gasteiger charge is -1.81. The van der Waals surface area contributed by atoms with Gasteiger partial charge < -0.3 is 4.98 Å². The Labute approximate surface area is 61.0 Å². The highest BCUT2D eigenvalue weighted by atomic mass is 32.1. The molecule has 1 radical (unpaired) electrons. The average Bonchev–Trinajstić information content (AvgIpc) is 2.59. The first kappa shape index (κ1) is 5.55. The van der Waals surface area contributed by atoms with E-state index in [1.54, 1.807) is 12.4 Å². The van der Waals surface area contributed by atoms with E-state index >= 15 is 0 Å². The van der Waals surface area contributed by atoms with Gasteiger partial charge in [-0.15, -0.1) is 10.2 Å². The van der Waals surface area contributed by atoms with E-state index in [-0.39, 0.29) is 0 Å². The first-order chi connectivity index (χ1) is 4.97. The van der Waals surface area contributed by atoms with Crippen LogP contribution in [0.2, 0.25) is 0 Å². The maximum atomic E-state index is 3.99. The Morgan fingerprint density at radius 1 is 1.60 bits per heavy atom. The van der Waals surface area contributed by atoms with Crippen molar-refractivity contribution in [3.63, 3.8) is 0 Å². The molecular weight excluding hydrogens is 148 g/mol. The molecule has 0 aliphatic rings. The summed E-state index contributed by atoms with van der Waals surface area (Å²) in [5.41, 5.74) is 2.64. The predicted molar refractivity (Wildman–Crippen MR) is 36.3 cm³/mol. The summed E-state index contributed by atoms with van der Waals surface area (Å²) in [4.78, 5) is 6.91. The summed E-state index contributed by atoms with van der Waals surface area (Å²) in [7, 11) is 0. The molecule has 2 aromatic heterocycles. The molecule has 0 aliphatic heterocycles. The first-order valence-corrected chi connectivity index (χ1v) is 3.48. The van der Waals surface area contributed by atoms with Crippen molar-refractivity contribution in [2.75, 3.05) is 0 Å². The van der Waals surface area contributed by atoms with Crippen molar-refractivity contribution in [1.82, 2.24) is 20.2 Å². The van der Waals surface area contributed by atoms with Gasteiger partial charge in [0.05, 0.1) is 0 Å². The minimum Gasteiger partial charge on any atom is -0.343 e. The zero-order valence-corrected chi connectivity index (χ0v) is 5.72. The third kappa shape index (κ3) is 0.801. The monoisotopic (exact) mass is 151 g/mol. The number of aromatic nitrogens is 4. The Bertz CT molecular complexity index is 253. The molecule has 0 saturated carbocycles. The zero-order chi connectivity index (χ0) is 6.81. The number of nitrogens with zero attached hydrogens (tertiary/aromatic N) is 3. The lowest BCUT2D eigenvalue weighted by atomic mass is 10.7. The van der Waals surface area contributed by atoms with Crippen molar-refractivity contribution in [3.8, 4) is 10.8 Å². The van der Waals surface area contributed by atoms with E-state index in [0.717, 1.165) is 10.8 Å². The highest BCUT2D eigenvalue weighted by Crippen LogP contribution is 2.13. The molecule has 0 amide bonds. The van der Waals surface area contributed by atoms with Crippen LogP contribution >= 0.6 is 11.3 Å². The van der Waals surface area contributed by atoms with Crippen molar-refractivity contribution in [3.05, 3.63) is 17.9 Å². The number of imidazole rings is 1. The van der Waals surface area contributed by atoms with E-state index in [1.165, 1.54) is 11.3 Å². The van der Waals surface area contributed by atoms with E-state index < -0.39 is 0 Å². The van der Waals surface area contributed by atoms with Crippen molar-refractivity contribution in [2.45, 2.75) is 0 Å². The van der Waals surface area contributed by atoms with Gasteiger partial charge in [-0.25, -0.2) is 4.98 Å². The van der Waals surface area contributed by atoms with Crippen LogP contribution in [-0.4, -0.2) is 20.2 Å². The van der Waals surface area contributed by atoms with E-state index in [0.29, 0.717) is 0 Å². The summed E-state index contributed by atoms with van der Waals surface area (Å²) in [6.07, 6.45) is 3.42. The molecule has 10 heavy (non-hydrogen) atoms. The summed E-state index contributed by atoms with van der Waals surface area (Å²) in [5.74, 6) is 0.749. The van der Waals surface area contributed by atoms with Crippen LogP contribution in [0.15, 0.2) is 12.4 Å². The smallest absolute Gasteiger partial charge is 0.183 e. The summed E-state index contributed by atoms with van der Waals surface area (Å²) in [6.45, 7) is 0. The summed E-state index contributed by atoms with van der Waals surface area (Å²) in [6, 6.07) is 0. The van der Waals surface area contributed by atoms with E-state index in [1.807, 2.05) is 0 Å². The van der Waals surface area contributed by atoms with Crippen LogP contribution in [0.1, 0.15) is 0 Å². The van der Waals surface area contributed by atoms with Crippen LogP contribution in [0.4, 0.5) is 0 Å². The first-order valence-electron chi connectivity index (χ1n) is 2.66. The van der Waals surface area contributed by atoms with E-state index in [4.69, 9.17) is 0 Å². The van der Waals surface area contributed by atoms with Crippen LogP contribution in [0.3, 0.4) is 0 Å². The molecule has 2 heterocycles. The number of aromatic amines is 1. The second kappa shape index (κ2) is 2.18. The molecule has 0 bridgehead atoms. The summed E-state index contributed by atoms with van der Waals surface area (Å²) >= 11 is 1.34. The lowest BCUT2D eigenvalue weighted by Crippen LogP contribution is -1.77. The van der Waals surface area contributed by atoms with Crippen LogP contribution in [0, 0.1) is 5.51 Å². The molecule has 0 unspecified atom stereocenters. The number of hydrogen-bond donors (Lipinski definition) is 1. The standard InChI is InChI=1S/C5H3N4S/c1-2-7-4(6-1)5-9-8-3-10-5/h1-2H,(H,6,7). The molecule has 0 aliphatic carbocycles. The van der Waals surface area contributed by atoms with Gasteiger partial charge in [-0.05, 0) is 0 Å². The predicted octanol–water partition coefficient (Wildman–Crippen LogP) is 0.728. The average molecular weight is 151 g/mol.